The Morgan fingerprint density at radius 1 is 1.03 bits per heavy atom. The molecule has 0 spiro atoms. The molecule has 2 atom stereocenters. The third-order valence-corrected chi connectivity index (χ3v) is 6.40. The lowest BCUT2D eigenvalue weighted by Crippen LogP contribution is -2.49. The van der Waals surface area contributed by atoms with Crippen molar-refractivity contribution in [1.29, 1.82) is 0 Å². The number of thiophene rings is 1. The monoisotopic (exact) mass is 487 g/mol. The summed E-state index contributed by atoms with van der Waals surface area (Å²) in [7, 11) is 0. The Morgan fingerprint density at radius 2 is 1.74 bits per heavy atom. The largest absolute Gasteiger partial charge is 0.484 e. The second-order valence-electron chi connectivity index (χ2n) is 8.13. The minimum atomic E-state index is -0.739. The van der Waals surface area contributed by atoms with Crippen LogP contribution < -0.4 is 15.4 Å². The highest BCUT2D eigenvalue weighted by atomic mass is 32.1. The maximum atomic E-state index is 12.6. The third kappa shape index (κ3) is 7.31. The highest BCUT2D eigenvalue weighted by molar-refractivity contribution is 7.09. The van der Waals surface area contributed by atoms with E-state index in [0.29, 0.717) is 12.3 Å². The van der Waals surface area contributed by atoms with Gasteiger partial charge >= 0.3 is 12.0 Å². The van der Waals surface area contributed by atoms with Crippen molar-refractivity contribution in [2.45, 2.75) is 51.7 Å². The molecule has 2 N–H and O–H groups in total. The minimum absolute atomic E-state index is 0.0615. The van der Waals surface area contributed by atoms with Gasteiger partial charge in [-0.1, -0.05) is 6.07 Å². The summed E-state index contributed by atoms with van der Waals surface area (Å²) >= 11 is 1.48. The van der Waals surface area contributed by atoms with Crippen LogP contribution in [0.1, 0.15) is 48.3 Å². The number of hydrogen-bond acceptors (Lipinski definition) is 7. The van der Waals surface area contributed by atoms with Gasteiger partial charge in [-0.3, -0.25) is 14.9 Å². The molecule has 1 saturated heterocycles. The van der Waals surface area contributed by atoms with Crippen LogP contribution in [0.25, 0.3) is 0 Å². The average Bonchev–Trinajstić information content (AvgIpc) is 3.34. The van der Waals surface area contributed by atoms with Gasteiger partial charge in [0.15, 0.2) is 13.2 Å². The van der Waals surface area contributed by atoms with Crippen LogP contribution in [0, 0.1) is 0 Å². The first-order valence-corrected chi connectivity index (χ1v) is 12.0. The molecule has 0 aliphatic carbocycles. The van der Waals surface area contributed by atoms with E-state index in [1.807, 2.05) is 36.3 Å². The molecule has 1 aliphatic heterocycles. The standard InChI is InChI=1S/C24H29N3O6S/c1-16-5-3-6-17(2)27(16)22(29)15-32-19-10-8-18(9-11-19)23(30)33-14-21(28)26-24(31)25-13-20-7-4-12-34-20/h4,7-12,16-17H,3,5-6,13-15H2,1-2H3,(H2,25,26,28,31). The summed E-state index contributed by atoms with van der Waals surface area (Å²) in [5.41, 5.74) is 0.215. The smallest absolute Gasteiger partial charge is 0.338 e. The summed E-state index contributed by atoms with van der Waals surface area (Å²) in [6, 6.07) is 9.54. The second-order valence-corrected chi connectivity index (χ2v) is 9.16. The molecule has 1 aromatic carbocycles. The molecule has 1 aliphatic rings. The number of urea groups is 1. The highest BCUT2D eigenvalue weighted by Crippen LogP contribution is 2.23. The summed E-state index contributed by atoms with van der Waals surface area (Å²) < 4.78 is 10.5. The fourth-order valence-electron chi connectivity index (χ4n) is 3.82. The first kappa shape index (κ1) is 25.2. The molecule has 9 nitrogen and oxygen atoms in total. The van der Waals surface area contributed by atoms with Crippen molar-refractivity contribution in [2.75, 3.05) is 13.2 Å². The fourth-order valence-corrected chi connectivity index (χ4v) is 4.47. The maximum absolute atomic E-state index is 12.6. The van der Waals surface area contributed by atoms with Gasteiger partial charge in [0.05, 0.1) is 12.1 Å². The number of amides is 4. The Hall–Kier alpha value is -3.40. The molecule has 4 amide bonds. The van der Waals surface area contributed by atoms with Crippen LogP contribution in [-0.4, -0.2) is 54.0 Å². The topological polar surface area (TPSA) is 114 Å². The molecule has 1 aromatic heterocycles. The van der Waals surface area contributed by atoms with Gasteiger partial charge < -0.3 is 19.7 Å². The van der Waals surface area contributed by atoms with E-state index in [9.17, 15) is 19.2 Å². The van der Waals surface area contributed by atoms with E-state index >= 15 is 0 Å². The van der Waals surface area contributed by atoms with Gasteiger partial charge in [-0.2, -0.15) is 0 Å². The van der Waals surface area contributed by atoms with Crippen molar-refractivity contribution < 1.29 is 28.7 Å². The molecule has 0 radical (unpaired) electrons. The summed E-state index contributed by atoms with van der Waals surface area (Å²) in [6.45, 7) is 3.72. The molecular weight excluding hydrogens is 458 g/mol. The SMILES string of the molecule is CC1CCCC(C)N1C(=O)COc1ccc(C(=O)OCC(=O)NC(=O)NCc2cccs2)cc1. The number of esters is 1. The number of benzene rings is 1. The van der Waals surface area contributed by atoms with Gasteiger partial charge in [-0.05, 0) is 68.8 Å². The van der Waals surface area contributed by atoms with Crippen molar-refractivity contribution in [3.8, 4) is 5.75 Å². The van der Waals surface area contributed by atoms with Gasteiger partial charge in [0.2, 0.25) is 0 Å². The van der Waals surface area contributed by atoms with Crippen LogP contribution in [0.2, 0.25) is 0 Å². The summed E-state index contributed by atoms with van der Waals surface area (Å²) in [6.07, 6.45) is 3.10. The molecule has 34 heavy (non-hydrogen) atoms. The van der Waals surface area contributed by atoms with Crippen molar-refractivity contribution in [2.24, 2.45) is 0 Å². The lowest BCUT2D eigenvalue weighted by Gasteiger charge is -2.38. The molecular formula is C24H29N3O6S. The van der Waals surface area contributed by atoms with E-state index in [1.54, 1.807) is 12.1 Å². The second kappa shape index (κ2) is 12.2. The zero-order chi connectivity index (χ0) is 24.5. The number of piperidine rings is 1. The Bertz CT molecular complexity index is 983. The minimum Gasteiger partial charge on any atom is -0.484 e. The fraction of sp³-hybridized carbons (Fsp3) is 0.417. The number of likely N-dealkylation sites (tertiary alicyclic amines) is 1. The van der Waals surface area contributed by atoms with Crippen LogP contribution in [0.5, 0.6) is 5.75 Å². The van der Waals surface area contributed by atoms with Crippen LogP contribution in [0.15, 0.2) is 41.8 Å². The number of nitrogens with one attached hydrogen (secondary N) is 2. The van der Waals surface area contributed by atoms with Crippen LogP contribution in [0.4, 0.5) is 4.79 Å². The molecule has 2 aromatic rings. The van der Waals surface area contributed by atoms with E-state index < -0.39 is 24.5 Å². The molecule has 0 saturated carbocycles. The lowest BCUT2D eigenvalue weighted by atomic mass is 9.97. The third-order valence-electron chi connectivity index (χ3n) is 5.52. The normalized spacial score (nSPS) is 17.5. The molecule has 1 fully saturated rings. The summed E-state index contributed by atoms with van der Waals surface area (Å²) in [5.74, 6) is -1.07. The first-order valence-electron chi connectivity index (χ1n) is 11.1. The first-order chi connectivity index (χ1) is 16.3. The molecule has 3 rings (SSSR count). The Labute approximate surface area is 202 Å². The van der Waals surface area contributed by atoms with Gasteiger partial charge in [-0.15, -0.1) is 11.3 Å². The Balaban J connectivity index is 1.39. The van der Waals surface area contributed by atoms with Crippen molar-refractivity contribution in [1.82, 2.24) is 15.5 Å². The number of ether oxygens (including phenoxy) is 2. The average molecular weight is 488 g/mol. The predicted molar refractivity (Wildman–Crippen MR) is 127 cm³/mol. The van der Waals surface area contributed by atoms with E-state index in [-0.39, 0.29) is 30.2 Å². The van der Waals surface area contributed by atoms with Gasteiger partial charge in [-0.25, -0.2) is 9.59 Å². The van der Waals surface area contributed by atoms with E-state index in [1.165, 1.54) is 23.5 Å². The quantitative estimate of drug-likeness (QED) is 0.553. The summed E-state index contributed by atoms with van der Waals surface area (Å²) in [4.78, 5) is 51.1. The Morgan fingerprint density at radius 3 is 2.38 bits per heavy atom. The van der Waals surface area contributed by atoms with Gasteiger partial charge in [0.25, 0.3) is 11.8 Å². The highest BCUT2D eigenvalue weighted by Gasteiger charge is 2.29. The molecule has 10 heteroatoms. The number of nitrogens with zero attached hydrogens (tertiary/aromatic N) is 1. The van der Waals surface area contributed by atoms with E-state index in [4.69, 9.17) is 9.47 Å². The van der Waals surface area contributed by atoms with Crippen molar-refractivity contribution in [3.63, 3.8) is 0 Å². The molecule has 182 valence electrons. The maximum Gasteiger partial charge on any atom is 0.338 e. The van der Waals surface area contributed by atoms with E-state index in [2.05, 4.69) is 10.6 Å². The number of carbonyl (C=O) groups excluding carboxylic acids is 4. The van der Waals surface area contributed by atoms with E-state index in [0.717, 1.165) is 24.1 Å². The summed E-state index contributed by atoms with van der Waals surface area (Å²) in [5, 5.41) is 6.53. The molecule has 0 bridgehead atoms. The van der Waals surface area contributed by atoms with Crippen molar-refractivity contribution in [3.05, 3.63) is 52.2 Å². The zero-order valence-corrected chi connectivity index (χ0v) is 20.1. The van der Waals surface area contributed by atoms with Crippen LogP contribution in [0.3, 0.4) is 0 Å². The van der Waals surface area contributed by atoms with Gasteiger partial charge in [0.1, 0.15) is 5.75 Å². The molecule has 2 unspecified atom stereocenters. The number of imide groups is 1. The predicted octanol–water partition coefficient (Wildman–Crippen LogP) is 3.10. The number of carbonyl (C=O) groups is 4. The molecule has 2 heterocycles. The lowest BCUT2D eigenvalue weighted by molar-refractivity contribution is -0.139. The van der Waals surface area contributed by atoms with Crippen LogP contribution in [-0.2, 0) is 20.9 Å². The van der Waals surface area contributed by atoms with Crippen LogP contribution >= 0.6 is 11.3 Å². The number of rotatable bonds is 8. The number of hydrogen-bond donors (Lipinski definition) is 2. The van der Waals surface area contributed by atoms with Gasteiger partial charge in [0, 0.05) is 17.0 Å². The zero-order valence-electron chi connectivity index (χ0n) is 19.2. The van der Waals surface area contributed by atoms with Crippen molar-refractivity contribution >= 4 is 35.2 Å². The Kier molecular flexibility index (Phi) is 9.03.